The first kappa shape index (κ1) is 37.3. The van der Waals surface area contributed by atoms with Crippen molar-refractivity contribution in [2.24, 2.45) is 46.3 Å². The van der Waals surface area contributed by atoms with Gasteiger partial charge in [0.25, 0.3) is 0 Å². The van der Waals surface area contributed by atoms with Crippen molar-refractivity contribution in [3.8, 4) is 0 Å². The molecule has 5 aliphatic heterocycles. The standard InChI is InChI=1S/C22H28BNO5.C22H28BNO4/c1-22(2)16-9-8-15(17(22)10-16)11-24-12-18(25)28-23(24,29-19(26)13-24)21-20(27-21)14-6-4-3-5-7-14;1-22(2)18-9-8-17(19(22)12-18)13-24-14-20(25)27-23(24,28-21(26)15-24)11-10-16-6-4-3-5-7-16/h3-7,15-17,20-21H,8-13H2,1-2H3;3-7,10-11,17-19H,8-9,12-15H2,1-2H3/b;11-10+/t15?,16-,17-,20?,21?,23?,24?;17?,18-,19-,23?,24?/m11/s1. The Labute approximate surface area is 335 Å². The predicted molar refractivity (Wildman–Crippen MR) is 211 cm³/mol. The third-order valence-corrected chi connectivity index (χ3v) is 17.1. The van der Waals surface area contributed by atoms with E-state index in [2.05, 4.69) is 27.7 Å². The summed E-state index contributed by atoms with van der Waals surface area (Å²) in [4.78, 5) is 49.9. The highest BCUT2D eigenvalue weighted by Gasteiger charge is 2.78. The van der Waals surface area contributed by atoms with Crippen LogP contribution >= 0.6 is 0 Å². The van der Waals surface area contributed by atoms with Gasteiger partial charge >= 0.3 is 37.3 Å². The van der Waals surface area contributed by atoms with Crippen molar-refractivity contribution in [1.29, 1.82) is 0 Å². The zero-order valence-corrected chi connectivity index (χ0v) is 33.8. The van der Waals surface area contributed by atoms with Crippen molar-refractivity contribution in [2.45, 2.75) is 78.3 Å². The molecule has 0 spiro atoms. The van der Waals surface area contributed by atoms with Crippen LogP contribution in [-0.4, -0.2) is 91.3 Å². The summed E-state index contributed by atoms with van der Waals surface area (Å²) in [5.74, 6) is 4.78. The van der Waals surface area contributed by atoms with Crippen LogP contribution in [0, 0.1) is 46.3 Å². The lowest BCUT2D eigenvalue weighted by Crippen LogP contribution is -2.69. The molecule has 11 nitrogen and oxygen atoms in total. The smallest absolute Gasteiger partial charge is 0.598 e. The van der Waals surface area contributed by atoms with Gasteiger partial charge in [-0.2, -0.15) is 0 Å². The van der Waals surface area contributed by atoms with E-state index in [1.165, 1.54) is 38.5 Å². The average Bonchev–Trinajstić information content (AvgIpc) is 3.72. The number of carbonyl (C=O) groups excluding carboxylic acids is 4. The van der Waals surface area contributed by atoms with Gasteiger partial charge in [0, 0.05) is 24.9 Å². The minimum Gasteiger partial charge on any atom is -0.598 e. The molecule has 4 bridgehead atoms. The van der Waals surface area contributed by atoms with E-state index in [0.717, 1.165) is 36.1 Å². The van der Waals surface area contributed by atoms with Gasteiger partial charge in [0.1, 0.15) is 32.2 Å². The molecule has 8 atom stereocenters. The van der Waals surface area contributed by atoms with E-state index in [-0.39, 0.29) is 62.2 Å². The second-order valence-corrected chi connectivity index (χ2v) is 20.4. The zero-order chi connectivity index (χ0) is 39.6. The molecule has 5 heterocycles. The number of benzene rings is 2. The molecule has 11 aliphatic rings. The Balaban J connectivity index is 0.000000139. The van der Waals surface area contributed by atoms with Crippen molar-refractivity contribution in [3.05, 3.63) is 77.8 Å². The van der Waals surface area contributed by atoms with Crippen molar-refractivity contribution >= 4 is 43.3 Å². The van der Waals surface area contributed by atoms with Crippen molar-refractivity contribution in [1.82, 2.24) is 0 Å². The van der Waals surface area contributed by atoms with Gasteiger partial charge in [-0.05, 0) is 84.2 Å². The number of hydrogen-bond acceptors (Lipinski definition) is 9. The van der Waals surface area contributed by atoms with Crippen LogP contribution in [0.3, 0.4) is 0 Å². The predicted octanol–water partition coefficient (Wildman–Crippen LogP) is 5.79. The first-order valence-corrected chi connectivity index (χ1v) is 21.5. The largest absolute Gasteiger partial charge is 0.615 e. The lowest BCUT2D eigenvalue weighted by molar-refractivity contribution is -0.821. The van der Waals surface area contributed by atoms with Gasteiger partial charge in [-0.25, -0.2) is 0 Å². The number of nitrogens with zero attached hydrogens (tertiary/aromatic N) is 2. The summed E-state index contributed by atoms with van der Waals surface area (Å²) in [5, 5.41) is 0. The van der Waals surface area contributed by atoms with Gasteiger partial charge < -0.3 is 32.1 Å². The number of ether oxygens (including phenoxy) is 1. The summed E-state index contributed by atoms with van der Waals surface area (Å²) in [6.45, 7) is 7.68. The Morgan fingerprint density at radius 3 is 1.61 bits per heavy atom. The Kier molecular flexibility index (Phi) is 8.38. The zero-order valence-electron chi connectivity index (χ0n) is 33.8. The summed E-state index contributed by atoms with van der Waals surface area (Å²) in [7, 11) is 0. The molecule has 2 aromatic carbocycles. The minimum atomic E-state index is -2.17. The van der Waals surface area contributed by atoms with E-state index in [9.17, 15) is 19.2 Å². The fraction of sp³-hybridized carbons (Fsp3) is 0.591. The molecule has 4 unspecified atom stereocenters. The highest BCUT2D eigenvalue weighted by Crippen LogP contribution is 2.64. The molecule has 6 aliphatic carbocycles. The average molecular weight is 779 g/mol. The number of carbonyl (C=O) groups is 4. The topological polar surface area (TPSA) is 118 Å². The van der Waals surface area contributed by atoms with E-state index in [4.69, 9.17) is 23.4 Å². The maximum Gasteiger partial charge on any atom is 0.615 e. The highest BCUT2D eigenvalue weighted by atomic mass is 16.7. The first-order valence-electron chi connectivity index (χ1n) is 21.5. The lowest BCUT2D eigenvalue weighted by atomic mass is 9.45. The van der Waals surface area contributed by atoms with Gasteiger partial charge in [-0.1, -0.05) is 100 Å². The highest BCUT2D eigenvalue weighted by molar-refractivity contribution is 6.71. The van der Waals surface area contributed by atoms with Crippen molar-refractivity contribution in [3.63, 3.8) is 0 Å². The van der Waals surface area contributed by atoms with Crippen molar-refractivity contribution in [2.75, 3.05) is 39.3 Å². The van der Waals surface area contributed by atoms with Crippen LogP contribution in [0.15, 0.2) is 66.6 Å². The van der Waals surface area contributed by atoms with Crippen molar-refractivity contribution < 1.29 is 51.3 Å². The normalized spacial score (nSPS) is 43.6. The Bertz CT molecular complexity index is 1980. The second kappa shape index (κ2) is 12.8. The number of epoxide rings is 1. The Hall–Kier alpha value is -3.93. The third-order valence-electron chi connectivity index (χ3n) is 17.1. The van der Waals surface area contributed by atoms with E-state index >= 15 is 0 Å². The fourth-order valence-corrected chi connectivity index (χ4v) is 13.8. The van der Waals surface area contributed by atoms with Crippen LogP contribution in [0.4, 0.5) is 0 Å². The van der Waals surface area contributed by atoms with Crippen LogP contribution < -0.4 is 0 Å². The van der Waals surface area contributed by atoms with Gasteiger partial charge in [0.2, 0.25) is 0 Å². The van der Waals surface area contributed by atoms with Crippen LogP contribution in [-0.2, 0) is 42.5 Å². The number of hydrogen-bond donors (Lipinski definition) is 0. The lowest BCUT2D eigenvalue weighted by Gasteiger charge is -2.61. The van der Waals surface area contributed by atoms with Gasteiger partial charge in [-0.15, -0.1) is 0 Å². The molecule has 5 saturated heterocycles. The van der Waals surface area contributed by atoms with E-state index < -0.39 is 13.4 Å². The van der Waals surface area contributed by atoms with Gasteiger partial charge in [0.15, 0.2) is 0 Å². The quantitative estimate of drug-likeness (QED) is 0.243. The Morgan fingerprint density at radius 1 is 0.632 bits per heavy atom. The number of fused-ring (bicyclic) bond motifs is 6. The molecule has 0 radical (unpaired) electrons. The SMILES string of the molecule is CC1(C)[C@@H]2CCC(C[N+]34CC(=O)O[B-]3(/C=C/c3ccccc3)OC(=O)C4)[C@H]1C2.CC1(C)[C@@H]2CCC(C[N+]34CC(=O)O[B-]3(C3OC3c3ccccc3)OC(=O)C4)[C@H]1C2. The molecule has 0 amide bonds. The molecule has 6 saturated carbocycles. The molecular formula is C44H56B2N2O9. The van der Waals surface area contributed by atoms with E-state index in [0.29, 0.717) is 43.3 Å². The minimum absolute atomic E-state index is 0.179. The molecule has 13 heteroatoms. The van der Waals surface area contributed by atoms with Crippen LogP contribution in [0.5, 0.6) is 0 Å². The molecule has 302 valence electrons. The fourth-order valence-electron chi connectivity index (χ4n) is 13.8. The summed E-state index contributed by atoms with van der Waals surface area (Å²) >= 11 is 0. The van der Waals surface area contributed by atoms with Gasteiger partial charge in [0.05, 0.1) is 6.10 Å². The molecule has 13 rings (SSSR count). The third kappa shape index (κ3) is 5.64. The number of quaternary nitrogens is 2. The second-order valence-electron chi connectivity index (χ2n) is 20.4. The monoisotopic (exact) mass is 778 g/mol. The molecule has 2 aromatic rings. The first-order chi connectivity index (χ1) is 27.2. The molecule has 0 N–H and O–H groups in total. The summed E-state index contributed by atoms with van der Waals surface area (Å²) in [6, 6.07) is 19.4. The molecule has 11 fully saturated rings. The maximum atomic E-state index is 12.5. The molecule has 0 aromatic heterocycles. The summed E-state index contributed by atoms with van der Waals surface area (Å²) < 4.78 is 30.0. The molecular weight excluding hydrogens is 722 g/mol. The van der Waals surface area contributed by atoms with Crippen LogP contribution in [0.2, 0.25) is 0 Å². The Morgan fingerprint density at radius 2 is 1.11 bits per heavy atom. The summed E-state index contributed by atoms with van der Waals surface area (Å²) in [6.07, 6.45) is 9.13. The van der Waals surface area contributed by atoms with E-state index in [1.807, 2.05) is 72.7 Å². The van der Waals surface area contributed by atoms with Crippen LogP contribution in [0.1, 0.15) is 83.5 Å². The summed E-state index contributed by atoms with van der Waals surface area (Å²) in [5.41, 5.74) is 2.77. The van der Waals surface area contributed by atoms with E-state index in [1.54, 1.807) is 0 Å². The number of rotatable bonds is 8. The van der Waals surface area contributed by atoms with Crippen LogP contribution in [0.25, 0.3) is 6.08 Å². The maximum absolute atomic E-state index is 12.5. The molecule has 57 heavy (non-hydrogen) atoms. The van der Waals surface area contributed by atoms with Gasteiger partial charge in [-0.3, -0.25) is 19.2 Å².